The Bertz CT molecular complexity index is 597. The van der Waals surface area contributed by atoms with Crippen molar-refractivity contribution in [2.75, 3.05) is 6.61 Å². The fourth-order valence-corrected chi connectivity index (χ4v) is 2.16. The third-order valence-corrected chi connectivity index (χ3v) is 3.11. The van der Waals surface area contributed by atoms with Crippen molar-refractivity contribution in [1.29, 1.82) is 0 Å². The molecule has 7 nitrogen and oxygen atoms in total. The predicted octanol–water partition coefficient (Wildman–Crippen LogP) is 0.863. The lowest BCUT2D eigenvalue weighted by Crippen LogP contribution is -2.40. The van der Waals surface area contributed by atoms with Gasteiger partial charge >= 0.3 is 0 Å². The Hall–Kier alpha value is -2.28. The van der Waals surface area contributed by atoms with Crippen LogP contribution in [0.2, 0.25) is 0 Å². The molecule has 0 aliphatic carbocycles. The highest BCUT2D eigenvalue weighted by Gasteiger charge is 2.14. The molecule has 0 aliphatic rings. The molecule has 0 fully saturated rings. The van der Waals surface area contributed by atoms with Gasteiger partial charge in [-0.1, -0.05) is 44.2 Å². The Morgan fingerprint density at radius 3 is 2.68 bits per heavy atom. The molecule has 0 aliphatic heterocycles. The van der Waals surface area contributed by atoms with Crippen LogP contribution in [0.1, 0.15) is 20.3 Å². The molecule has 1 unspecified atom stereocenters. The van der Waals surface area contributed by atoms with Crippen molar-refractivity contribution in [3.05, 3.63) is 30.3 Å². The second kappa shape index (κ2) is 7.65. The van der Waals surface area contributed by atoms with Gasteiger partial charge in [0.2, 0.25) is 11.7 Å². The summed E-state index contributed by atoms with van der Waals surface area (Å²) in [6.45, 7) is 3.98. The monoisotopic (exact) mass is 303 g/mol. The first-order valence-electron chi connectivity index (χ1n) is 7.32. The molecular formula is C15H21N5O2. The quantitative estimate of drug-likeness (QED) is 0.791. The van der Waals surface area contributed by atoms with Gasteiger partial charge < -0.3 is 10.4 Å². The fourth-order valence-electron chi connectivity index (χ4n) is 2.16. The van der Waals surface area contributed by atoms with Crippen LogP contribution >= 0.6 is 0 Å². The van der Waals surface area contributed by atoms with Gasteiger partial charge in [-0.3, -0.25) is 4.79 Å². The number of nitrogens with one attached hydrogen (secondary N) is 1. The van der Waals surface area contributed by atoms with Crippen LogP contribution in [-0.2, 0) is 11.3 Å². The number of amides is 1. The Morgan fingerprint density at radius 2 is 2.05 bits per heavy atom. The zero-order valence-electron chi connectivity index (χ0n) is 12.8. The molecule has 2 rings (SSSR count). The molecule has 1 aromatic carbocycles. The van der Waals surface area contributed by atoms with E-state index in [1.165, 1.54) is 4.80 Å². The van der Waals surface area contributed by atoms with E-state index in [-0.39, 0.29) is 25.1 Å². The number of hydrogen-bond donors (Lipinski definition) is 2. The Balaban J connectivity index is 1.94. The molecule has 0 radical (unpaired) electrons. The fraction of sp³-hybridized carbons (Fsp3) is 0.467. The van der Waals surface area contributed by atoms with E-state index in [4.69, 9.17) is 0 Å². The Labute approximate surface area is 129 Å². The lowest BCUT2D eigenvalue weighted by Gasteiger charge is -2.17. The van der Waals surface area contributed by atoms with Crippen LogP contribution in [0.5, 0.6) is 0 Å². The summed E-state index contributed by atoms with van der Waals surface area (Å²) >= 11 is 0. The predicted molar refractivity (Wildman–Crippen MR) is 81.7 cm³/mol. The molecule has 2 aromatic rings. The number of nitrogens with zero attached hydrogens (tertiary/aromatic N) is 4. The number of carbonyl (C=O) groups is 1. The van der Waals surface area contributed by atoms with Gasteiger partial charge in [0, 0.05) is 5.56 Å². The highest BCUT2D eigenvalue weighted by Crippen LogP contribution is 2.11. The third kappa shape index (κ3) is 4.63. The summed E-state index contributed by atoms with van der Waals surface area (Å²) < 4.78 is 0. The summed E-state index contributed by atoms with van der Waals surface area (Å²) in [5.74, 6) is 0.637. The van der Waals surface area contributed by atoms with Crippen molar-refractivity contribution in [3.8, 4) is 11.4 Å². The maximum Gasteiger partial charge on any atom is 0.243 e. The summed E-state index contributed by atoms with van der Waals surface area (Å²) in [5.41, 5.74) is 0.849. The molecule has 0 bridgehead atoms. The van der Waals surface area contributed by atoms with Crippen LogP contribution in [0.15, 0.2) is 30.3 Å². The number of aromatic nitrogens is 4. The standard InChI is InChI=1S/C15H21N5O2/c1-11(2)8-13(10-21)16-14(22)9-20-18-15(17-19-20)12-6-4-3-5-7-12/h3-7,11,13,21H,8-10H2,1-2H3,(H,16,22). The largest absolute Gasteiger partial charge is 0.394 e. The zero-order chi connectivity index (χ0) is 15.9. The van der Waals surface area contributed by atoms with E-state index < -0.39 is 0 Å². The maximum absolute atomic E-state index is 12.0. The number of carbonyl (C=O) groups excluding carboxylic acids is 1. The summed E-state index contributed by atoms with van der Waals surface area (Å²) in [5, 5.41) is 24.1. The van der Waals surface area contributed by atoms with Crippen LogP contribution < -0.4 is 5.32 Å². The van der Waals surface area contributed by atoms with Gasteiger partial charge in [0.15, 0.2) is 0 Å². The molecule has 22 heavy (non-hydrogen) atoms. The minimum absolute atomic E-state index is 0.0194. The van der Waals surface area contributed by atoms with Crippen molar-refractivity contribution >= 4 is 5.91 Å². The number of rotatable bonds is 7. The van der Waals surface area contributed by atoms with Crippen molar-refractivity contribution in [2.45, 2.75) is 32.9 Å². The first-order chi connectivity index (χ1) is 10.6. The van der Waals surface area contributed by atoms with Crippen LogP contribution in [0.4, 0.5) is 0 Å². The van der Waals surface area contributed by atoms with Gasteiger partial charge in [-0.15, -0.1) is 10.2 Å². The molecule has 1 atom stereocenters. The summed E-state index contributed by atoms with van der Waals surface area (Å²) in [6.07, 6.45) is 0.724. The van der Waals surface area contributed by atoms with Crippen LogP contribution in [0, 0.1) is 5.92 Å². The SMILES string of the molecule is CC(C)CC(CO)NC(=O)Cn1nnc(-c2ccccc2)n1. The summed E-state index contributed by atoms with van der Waals surface area (Å²) in [6, 6.07) is 9.20. The van der Waals surface area contributed by atoms with Gasteiger partial charge in [0.25, 0.3) is 0 Å². The third-order valence-electron chi connectivity index (χ3n) is 3.11. The molecule has 118 valence electrons. The number of benzene rings is 1. The van der Waals surface area contributed by atoms with E-state index in [9.17, 15) is 9.90 Å². The summed E-state index contributed by atoms with van der Waals surface area (Å²) in [7, 11) is 0. The minimum atomic E-state index is -0.246. The van der Waals surface area contributed by atoms with E-state index in [1.807, 2.05) is 44.2 Å². The van der Waals surface area contributed by atoms with Crippen molar-refractivity contribution < 1.29 is 9.90 Å². The van der Waals surface area contributed by atoms with Crippen LogP contribution in [0.3, 0.4) is 0 Å². The van der Waals surface area contributed by atoms with Gasteiger partial charge in [-0.2, -0.15) is 4.80 Å². The highest BCUT2D eigenvalue weighted by atomic mass is 16.3. The average Bonchev–Trinajstić information content (AvgIpc) is 2.95. The second-order valence-corrected chi connectivity index (χ2v) is 5.59. The molecule has 0 spiro atoms. The average molecular weight is 303 g/mol. The Morgan fingerprint density at radius 1 is 1.32 bits per heavy atom. The van der Waals surface area contributed by atoms with E-state index >= 15 is 0 Å². The number of tetrazole rings is 1. The van der Waals surface area contributed by atoms with Gasteiger partial charge in [-0.05, 0) is 17.6 Å². The topological polar surface area (TPSA) is 92.9 Å². The number of aliphatic hydroxyl groups excluding tert-OH is 1. The molecule has 1 amide bonds. The maximum atomic E-state index is 12.0. The van der Waals surface area contributed by atoms with Gasteiger partial charge in [-0.25, -0.2) is 0 Å². The summed E-state index contributed by atoms with van der Waals surface area (Å²) in [4.78, 5) is 13.2. The molecule has 7 heteroatoms. The minimum Gasteiger partial charge on any atom is -0.394 e. The van der Waals surface area contributed by atoms with E-state index in [1.54, 1.807) is 0 Å². The first kappa shape index (κ1) is 16.1. The normalized spacial score (nSPS) is 12.4. The van der Waals surface area contributed by atoms with Crippen molar-refractivity contribution in [1.82, 2.24) is 25.5 Å². The first-order valence-corrected chi connectivity index (χ1v) is 7.32. The Kier molecular flexibility index (Phi) is 5.60. The van der Waals surface area contributed by atoms with E-state index in [0.717, 1.165) is 12.0 Å². The van der Waals surface area contributed by atoms with E-state index in [0.29, 0.717) is 11.7 Å². The molecule has 1 aromatic heterocycles. The van der Waals surface area contributed by atoms with Crippen LogP contribution in [-0.4, -0.2) is 43.9 Å². The highest BCUT2D eigenvalue weighted by molar-refractivity contribution is 5.75. The molecule has 0 saturated heterocycles. The smallest absolute Gasteiger partial charge is 0.243 e. The van der Waals surface area contributed by atoms with E-state index in [2.05, 4.69) is 20.7 Å². The lowest BCUT2D eigenvalue weighted by atomic mass is 10.0. The number of aliphatic hydroxyl groups is 1. The van der Waals surface area contributed by atoms with Crippen LogP contribution in [0.25, 0.3) is 11.4 Å². The zero-order valence-corrected chi connectivity index (χ0v) is 12.8. The molecule has 2 N–H and O–H groups in total. The molecule has 1 heterocycles. The second-order valence-electron chi connectivity index (χ2n) is 5.59. The van der Waals surface area contributed by atoms with Crippen molar-refractivity contribution in [3.63, 3.8) is 0 Å². The molecular weight excluding hydrogens is 282 g/mol. The molecule has 0 saturated carbocycles. The lowest BCUT2D eigenvalue weighted by molar-refractivity contribution is -0.123. The number of hydrogen-bond acceptors (Lipinski definition) is 5. The van der Waals surface area contributed by atoms with Gasteiger partial charge in [0.05, 0.1) is 12.6 Å². The van der Waals surface area contributed by atoms with Gasteiger partial charge in [0.1, 0.15) is 6.54 Å². The van der Waals surface area contributed by atoms with Crippen molar-refractivity contribution in [2.24, 2.45) is 5.92 Å².